The maximum atomic E-state index is 17.4. The third-order valence-corrected chi connectivity index (χ3v) is 11.3. The molecule has 0 bridgehead atoms. The monoisotopic (exact) mass is 625 g/mol. The number of ether oxygens (including phenoxy) is 1. The number of benzene rings is 1. The van der Waals surface area contributed by atoms with Gasteiger partial charge in [-0.25, -0.2) is 13.6 Å². The van der Waals surface area contributed by atoms with Gasteiger partial charge in [0.05, 0.1) is 18.6 Å². The van der Waals surface area contributed by atoms with Crippen LogP contribution in [0.5, 0.6) is 0 Å². The molecule has 1 saturated heterocycles. The van der Waals surface area contributed by atoms with Gasteiger partial charge in [0.25, 0.3) is 0 Å². The van der Waals surface area contributed by atoms with E-state index in [0.717, 1.165) is 5.56 Å². The fourth-order valence-corrected chi connectivity index (χ4v) is 9.35. The van der Waals surface area contributed by atoms with Gasteiger partial charge in [-0.2, -0.15) is 13.2 Å². The van der Waals surface area contributed by atoms with Gasteiger partial charge < -0.3 is 14.9 Å². The van der Waals surface area contributed by atoms with Crippen LogP contribution in [-0.2, 0) is 25.7 Å². The largest absolute Gasteiger partial charge is 0.490 e. The van der Waals surface area contributed by atoms with Crippen molar-refractivity contribution < 1.29 is 51.3 Å². The van der Waals surface area contributed by atoms with E-state index >= 15 is 8.78 Å². The minimum Gasteiger partial charge on any atom is -0.475 e. The van der Waals surface area contributed by atoms with Crippen molar-refractivity contribution in [3.8, 4) is 0 Å². The molecule has 1 aromatic carbocycles. The van der Waals surface area contributed by atoms with Gasteiger partial charge in [-0.05, 0) is 66.7 Å². The molecule has 1 heterocycles. The SMILES string of the molecule is COC(=O)[C@@]12CN(Cc3ccccc3)C[C@@H]1C[C@H]1[C@@H]3C[C@H](F)C4=CC(=O)C=C[C@]4(C)[C@@]3(F)[C@@H](O)C[C@@]12C.O=C(O)C(F)(F)F. The van der Waals surface area contributed by atoms with Gasteiger partial charge in [-0.15, -0.1) is 0 Å². The molecule has 0 aromatic heterocycles. The summed E-state index contributed by atoms with van der Waals surface area (Å²) in [5, 5.41) is 18.7. The Labute approximate surface area is 251 Å². The minimum atomic E-state index is -5.08. The predicted octanol–water partition coefficient (Wildman–Crippen LogP) is 4.84. The number of hydrogen-bond donors (Lipinski definition) is 2. The van der Waals surface area contributed by atoms with E-state index in [1.54, 1.807) is 6.92 Å². The molecule has 2 N–H and O–H groups in total. The number of carbonyl (C=O) groups is 3. The van der Waals surface area contributed by atoms with Gasteiger partial charge >= 0.3 is 18.1 Å². The second-order valence-corrected chi connectivity index (χ2v) is 13.2. The van der Waals surface area contributed by atoms with Crippen molar-refractivity contribution in [3.05, 3.63) is 59.7 Å². The standard InChI is InChI=1S/C30H35F2NO4.C2HF3O2/c1-27-10-9-20(34)12-23(27)24(31)13-22-21-11-19-16-33(15-18-7-5-4-6-8-18)17-29(19,26(36)37-3)28(21,2)14-25(35)30(22,27)32;3-2(4,5)1(6)7/h4-10,12,19,21-22,24-25,35H,11,13-17H2,1-3H3;(H,6,7)/t19-,21-,22-,24-,25-,27-,28-,29+,30-;/m0./s1. The highest BCUT2D eigenvalue weighted by atomic mass is 19.4. The second-order valence-electron chi connectivity index (χ2n) is 13.2. The number of methoxy groups -OCH3 is 1. The van der Waals surface area contributed by atoms with Crippen LogP contribution in [0.2, 0.25) is 0 Å². The number of hydrogen-bond acceptors (Lipinski definition) is 6. The Morgan fingerprint density at radius 1 is 1.11 bits per heavy atom. The molecular formula is C32H36F5NO6. The molecule has 44 heavy (non-hydrogen) atoms. The van der Waals surface area contributed by atoms with E-state index in [9.17, 15) is 27.9 Å². The number of likely N-dealkylation sites (tertiary alicyclic amines) is 1. The lowest BCUT2D eigenvalue weighted by Crippen LogP contribution is -2.69. The van der Waals surface area contributed by atoms with Gasteiger partial charge in [0.15, 0.2) is 11.5 Å². The average molecular weight is 626 g/mol. The molecule has 12 heteroatoms. The first-order chi connectivity index (χ1) is 20.5. The van der Waals surface area contributed by atoms with Crippen LogP contribution in [-0.4, -0.2) is 77.2 Å². The zero-order valence-corrected chi connectivity index (χ0v) is 24.6. The summed E-state index contributed by atoms with van der Waals surface area (Å²) in [5.74, 6) is -4.60. The van der Waals surface area contributed by atoms with E-state index in [2.05, 4.69) is 17.0 Å². The highest BCUT2D eigenvalue weighted by Gasteiger charge is 2.78. The van der Waals surface area contributed by atoms with E-state index in [1.807, 2.05) is 25.1 Å². The number of rotatable bonds is 3. The van der Waals surface area contributed by atoms with Crippen molar-refractivity contribution in [2.75, 3.05) is 20.2 Å². The van der Waals surface area contributed by atoms with Crippen molar-refractivity contribution in [1.82, 2.24) is 4.90 Å². The molecule has 4 fully saturated rings. The van der Waals surface area contributed by atoms with Crippen LogP contribution in [0.25, 0.3) is 0 Å². The summed E-state index contributed by atoms with van der Waals surface area (Å²) in [7, 11) is 1.39. The average Bonchev–Trinajstić information content (AvgIpc) is 3.43. The number of carbonyl (C=O) groups excluding carboxylic acids is 2. The van der Waals surface area contributed by atoms with Gasteiger partial charge in [-0.3, -0.25) is 14.5 Å². The topological polar surface area (TPSA) is 104 Å². The zero-order chi connectivity index (χ0) is 32.5. The quantitative estimate of drug-likeness (QED) is 0.366. The summed E-state index contributed by atoms with van der Waals surface area (Å²) in [6.45, 7) is 5.41. The third-order valence-electron chi connectivity index (χ3n) is 11.3. The summed E-state index contributed by atoms with van der Waals surface area (Å²) in [5.41, 5.74) is -3.96. The molecule has 0 unspecified atom stereocenters. The second kappa shape index (κ2) is 10.8. The summed E-state index contributed by atoms with van der Waals surface area (Å²) in [6.07, 6.45) is -3.46. The highest BCUT2D eigenvalue weighted by Crippen LogP contribution is 2.74. The van der Waals surface area contributed by atoms with Crippen LogP contribution in [0.1, 0.15) is 38.7 Å². The Morgan fingerprint density at radius 3 is 2.34 bits per heavy atom. The molecule has 0 spiro atoms. The Balaban J connectivity index is 0.000000493. The van der Waals surface area contributed by atoms with Crippen molar-refractivity contribution in [2.45, 2.75) is 63.8 Å². The lowest BCUT2D eigenvalue weighted by molar-refractivity contribution is -0.216. The Kier molecular flexibility index (Phi) is 7.89. The number of esters is 1. The summed E-state index contributed by atoms with van der Waals surface area (Å²) in [4.78, 5) is 36.9. The van der Waals surface area contributed by atoms with Crippen LogP contribution < -0.4 is 0 Å². The smallest absolute Gasteiger partial charge is 0.475 e. The number of nitrogens with zero attached hydrogens (tertiary/aromatic N) is 1. The number of carboxylic acids is 1. The molecular weight excluding hydrogens is 589 g/mol. The van der Waals surface area contributed by atoms with Crippen LogP contribution >= 0.6 is 0 Å². The molecule has 7 nitrogen and oxygen atoms in total. The third kappa shape index (κ3) is 4.54. The maximum absolute atomic E-state index is 17.4. The summed E-state index contributed by atoms with van der Waals surface area (Å²) in [6, 6.07) is 10.1. The molecule has 6 rings (SSSR count). The van der Waals surface area contributed by atoms with Crippen LogP contribution in [0.15, 0.2) is 54.1 Å². The number of allylic oxidation sites excluding steroid dienone is 4. The first kappa shape index (κ1) is 32.3. The Bertz CT molecular complexity index is 1400. The number of ketones is 1. The van der Waals surface area contributed by atoms with E-state index in [0.29, 0.717) is 26.1 Å². The van der Waals surface area contributed by atoms with Gasteiger partial charge in [0.2, 0.25) is 0 Å². The fourth-order valence-electron chi connectivity index (χ4n) is 9.35. The molecule has 0 amide bonds. The molecule has 0 radical (unpaired) electrons. The molecule has 5 aliphatic rings. The Hall–Kier alpha value is -3.12. The number of fused-ring (bicyclic) bond motifs is 7. The lowest BCUT2D eigenvalue weighted by Gasteiger charge is -2.63. The van der Waals surface area contributed by atoms with Gasteiger partial charge in [0, 0.05) is 31.0 Å². The molecule has 4 aliphatic carbocycles. The van der Waals surface area contributed by atoms with Crippen molar-refractivity contribution >= 4 is 17.7 Å². The van der Waals surface area contributed by atoms with Crippen molar-refractivity contribution in [1.29, 1.82) is 0 Å². The van der Waals surface area contributed by atoms with E-state index in [1.165, 1.54) is 25.3 Å². The maximum Gasteiger partial charge on any atom is 0.490 e. The molecule has 1 aromatic rings. The number of aliphatic hydroxyl groups is 1. The number of alkyl halides is 5. The lowest BCUT2D eigenvalue weighted by atomic mass is 9.43. The number of carboxylic acid groups (broad SMARTS) is 1. The van der Waals surface area contributed by atoms with E-state index in [-0.39, 0.29) is 42.0 Å². The van der Waals surface area contributed by atoms with E-state index in [4.69, 9.17) is 14.6 Å². The predicted molar refractivity (Wildman–Crippen MR) is 147 cm³/mol. The van der Waals surface area contributed by atoms with Crippen LogP contribution in [0.3, 0.4) is 0 Å². The highest BCUT2D eigenvalue weighted by molar-refractivity contribution is 6.01. The van der Waals surface area contributed by atoms with Gasteiger partial charge in [0.1, 0.15) is 6.17 Å². The minimum absolute atomic E-state index is 0.0804. The van der Waals surface area contributed by atoms with Crippen LogP contribution in [0, 0.1) is 34.0 Å². The Morgan fingerprint density at radius 2 is 1.75 bits per heavy atom. The summed E-state index contributed by atoms with van der Waals surface area (Å²) >= 11 is 0. The van der Waals surface area contributed by atoms with Crippen molar-refractivity contribution in [3.63, 3.8) is 0 Å². The number of halogens is 5. The zero-order valence-electron chi connectivity index (χ0n) is 24.6. The number of aliphatic carboxylic acids is 1. The molecule has 1 aliphatic heterocycles. The molecule has 3 saturated carbocycles. The fraction of sp³-hybridized carbons (Fsp3) is 0.594. The molecule has 240 valence electrons. The molecule has 9 atom stereocenters. The normalized spacial score (nSPS) is 40.9. The first-order valence-electron chi connectivity index (χ1n) is 14.6. The van der Waals surface area contributed by atoms with Crippen LogP contribution in [0.4, 0.5) is 22.0 Å². The van der Waals surface area contributed by atoms with E-state index < -0.39 is 52.3 Å². The summed E-state index contributed by atoms with van der Waals surface area (Å²) < 4.78 is 70.3. The first-order valence-corrected chi connectivity index (χ1v) is 14.6. The van der Waals surface area contributed by atoms with Gasteiger partial charge in [-0.1, -0.05) is 43.3 Å². The van der Waals surface area contributed by atoms with Crippen molar-refractivity contribution in [2.24, 2.45) is 34.0 Å². The number of aliphatic hydroxyl groups excluding tert-OH is 1.